The molecule has 2 aromatic rings. The number of halogens is 2. The van der Waals surface area contributed by atoms with Crippen LogP contribution in [-0.4, -0.2) is 24.1 Å². The average Bonchev–Trinajstić information content (AvgIpc) is 2.66. The highest BCUT2D eigenvalue weighted by atomic mass is 19.2. The summed E-state index contributed by atoms with van der Waals surface area (Å²) in [5.74, 6) is -1.36. The second kappa shape index (κ2) is 10.1. The Labute approximate surface area is 164 Å². The number of phenols is 1. The molecule has 0 aliphatic rings. The van der Waals surface area contributed by atoms with Crippen LogP contribution in [0.25, 0.3) is 0 Å². The number of rotatable bonds is 10. The number of carbonyl (C=O) groups is 1. The Hall–Kier alpha value is -2.63. The van der Waals surface area contributed by atoms with Gasteiger partial charge in [0.15, 0.2) is 11.6 Å². The van der Waals surface area contributed by atoms with Gasteiger partial charge in [0, 0.05) is 11.5 Å². The van der Waals surface area contributed by atoms with Crippen molar-refractivity contribution in [3.05, 3.63) is 53.1 Å². The number of unbranched alkanes of at least 4 members (excludes halogenated alkanes) is 1. The third kappa shape index (κ3) is 5.68. The van der Waals surface area contributed by atoms with E-state index in [1.165, 1.54) is 12.1 Å². The molecule has 0 aliphatic carbocycles. The molecule has 0 bridgehead atoms. The Kier molecular flexibility index (Phi) is 7.79. The monoisotopic (exact) mass is 392 g/mol. The zero-order valence-electron chi connectivity index (χ0n) is 16.4. The minimum absolute atomic E-state index is 0.0812. The first kappa shape index (κ1) is 21.7. The maximum atomic E-state index is 13.5. The summed E-state index contributed by atoms with van der Waals surface area (Å²) in [4.78, 5) is 11.4. The first-order valence-electron chi connectivity index (χ1n) is 9.32. The fraction of sp³-hybridized carbons (Fsp3) is 0.409. The molecule has 0 saturated carbocycles. The number of hydrogen-bond acceptors (Lipinski definition) is 4. The zero-order chi connectivity index (χ0) is 20.7. The van der Waals surface area contributed by atoms with Crippen LogP contribution in [0, 0.1) is 24.5 Å². The lowest BCUT2D eigenvalue weighted by Crippen LogP contribution is -2.10. The van der Waals surface area contributed by atoms with Crippen molar-refractivity contribution < 1.29 is 28.2 Å². The predicted molar refractivity (Wildman–Crippen MR) is 103 cm³/mol. The number of ether oxygens (including phenoxy) is 2. The van der Waals surface area contributed by atoms with Gasteiger partial charge in [0.1, 0.15) is 17.3 Å². The van der Waals surface area contributed by atoms with Crippen LogP contribution < -0.4 is 9.47 Å². The van der Waals surface area contributed by atoms with Gasteiger partial charge in [0.2, 0.25) is 5.82 Å². The molecule has 1 atom stereocenters. The fourth-order valence-electron chi connectivity index (χ4n) is 2.70. The second-order valence-electron chi connectivity index (χ2n) is 6.87. The van der Waals surface area contributed by atoms with Crippen LogP contribution in [0.3, 0.4) is 0 Å². The van der Waals surface area contributed by atoms with Crippen molar-refractivity contribution in [2.24, 2.45) is 5.92 Å². The van der Waals surface area contributed by atoms with Crippen LogP contribution in [0.2, 0.25) is 0 Å². The van der Waals surface area contributed by atoms with Gasteiger partial charge in [-0.1, -0.05) is 19.1 Å². The zero-order valence-corrected chi connectivity index (χ0v) is 16.4. The SMILES string of the molecule is CC(=O)C(C)Cc1ccc(OCCCCOc2cccc(F)c2F)c(C)c1O. The van der Waals surface area contributed by atoms with Crippen molar-refractivity contribution in [2.75, 3.05) is 13.2 Å². The molecule has 28 heavy (non-hydrogen) atoms. The molecule has 0 amide bonds. The van der Waals surface area contributed by atoms with Gasteiger partial charge in [-0.25, -0.2) is 4.39 Å². The number of carbonyl (C=O) groups excluding carboxylic acids is 1. The normalized spacial score (nSPS) is 11.9. The van der Waals surface area contributed by atoms with Crippen molar-refractivity contribution in [2.45, 2.75) is 40.0 Å². The van der Waals surface area contributed by atoms with Crippen LogP contribution in [0.15, 0.2) is 30.3 Å². The van der Waals surface area contributed by atoms with E-state index in [-0.39, 0.29) is 29.8 Å². The number of aromatic hydroxyl groups is 1. The average molecular weight is 392 g/mol. The summed E-state index contributed by atoms with van der Waals surface area (Å²) in [6.07, 6.45) is 1.74. The summed E-state index contributed by atoms with van der Waals surface area (Å²) in [6.45, 7) is 5.79. The molecule has 2 aromatic carbocycles. The highest BCUT2D eigenvalue weighted by Gasteiger charge is 2.15. The number of benzene rings is 2. The van der Waals surface area contributed by atoms with Crippen LogP contribution in [-0.2, 0) is 11.2 Å². The van der Waals surface area contributed by atoms with Gasteiger partial charge in [-0.15, -0.1) is 0 Å². The summed E-state index contributed by atoms with van der Waals surface area (Å²) in [6, 6.07) is 7.38. The van der Waals surface area contributed by atoms with Crippen molar-refractivity contribution in [3.63, 3.8) is 0 Å². The maximum absolute atomic E-state index is 13.5. The van der Waals surface area contributed by atoms with Gasteiger partial charge in [-0.05, 0) is 56.9 Å². The minimum Gasteiger partial charge on any atom is -0.507 e. The van der Waals surface area contributed by atoms with Crippen molar-refractivity contribution in [1.82, 2.24) is 0 Å². The van der Waals surface area contributed by atoms with E-state index in [2.05, 4.69) is 0 Å². The summed E-state index contributed by atoms with van der Waals surface area (Å²) in [5, 5.41) is 10.3. The predicted octanol–water partition coefficient (Wildman–Crippen LogP) is 4.98. The van der Waals surface area contributed by atoms with Crippen molar-refractivity contribution in [3.8, 4) is 17.2 Å². The number of ketones is 1. The third-order valence-corrected chi connectivity index (χ3v) is 4.65. The summed E-state index contributed by atoms with van der Waals surface area (Å²) >= 11 is 0. The lowest BCUT2D eigenvalue weighted by Gasteiger charge is -2.15. The second-order valence-corrected chi connectivity index (χ2v) is 6.87. The topological polar surface area (TPSA) is 55.8 Å². The van der Waals surface area contributed by atoms with E-state index in [0.717, 1.165) is 11.6 Å². The van der Waals surface area contributed by atoms with E-state index >= 15 is 0 Å². The number of hydrogen-bond donors (Lipinski definition) is 1. The third-order valence-electron chi connectivity index (χ3n) is 4.65. The molecule has 4 nitrogen and oxygen atoms in total. The molecular formula is C22H26F2O4. The van der Waals surface area contributed by atoms with Crippen molar-refractivity contribution >= 4 is 5.78 Å². The molecule has 0 aromatic heterocycles. The van der Waals surface area contributed by atoms with Gasteiger partial charge in [-0.2, -0.15) is 4.39 Å². The molecule has 6 heteroatoms. The smallest absolute Gasteiger partial charge is 0.200 e. The van der Waals surface area contributed by atoms with Gasteiger partial charge < -0.3 is 14.6 Å². The largest absolute Gasteiger partial charge is 0.507 e. The Morgan fingerprint density at radius 3 is 2.36 bits per heavy atom. The molecule has 0 spiro atoms. The maximum Gasteiger partial charge on any atom is 0.200 e. The molecule has 0 radical (unpaired) electrons. The molecule has 0 heterocycles. The Bertz CT molecular complexity index is 820. The first-order chi connectivity index (χ1) is 13.3. The van der Waals surface area contributed by atoms with Gasteiger partial charge >= 0.3 is 0 Å². The Morgan fingerprint density at radius 1 is 1.07 bits per heavy atom. The Balaban J connectivity index is 1.79. The first-order valence-corrected chi connectivity index (χ1v) is 9.32. The lowest BCUT2D eigenvalue weighted by molar-refractivity contribution is -0.120. The van der Waals surface area contributed by atoms with Gasteiger partial charge in [-0.3, -0.25) is 4.79 Å². The van der Waals surface area contributed by atoms with E-state index in [9.17, 15) is 18.7 Å². The summed E-state index contributed by atoms with van der Waals surface area (Å²) in [5.41, 5.74) is 1.35. The molecule has 1 N–H and O–H groups in total. The highest BCUT2D eigenvalue weighted by molar-refractivity contribution is 5.78. The van der Waals surface area contributed by atoms with E-state index in [1.54, 1.807) is 26.0 Å². The molecule has 0 fully saturated rings. The molecule has 0 aliphatic heterocycles. The van der Waals surface area contributed by atoms with E-state index < -0.39 is 11.6 Å². The molecule has 152 valence electrons. The number of phenolic OH excluding ortho intramolecular Hbond substituents is 1. The van der Waals surface area contributed by atoms with Crippen LogP contribution >= 0.6 is 0 Å². The van der Waals surface area contributed by atoms with E-state index in [0.29, 0.717) is 37.2 Å². The fourth-order valence-corrected chi connectivity index (χ4v) is 2.70. The van der Waals surface area contributed by atoms with E-state index in [4.69, 9.17) is 9.47 Å². The summed E-state index contributed by atoms with van der Waals surface area (Å²) in [7, 11) is 0. The standard InChI is InChI=1S/C22H26F2O4/c1-14(16(3)25)13-17-9-10-19(15(2)22(17)26)27-11-4-5-12-28-20-8-6-7-18(23)21(20)24/h6-10,14,26H,4-5,11-13H2,1-3H3. The van der Waals surface area contributed by atoms with Gasteiger partial charge in [0.05, 0.1) is 13.2 Å². The van der Waals surface area contributed by atoms with Crippen LogP contribution in [0.5, 0.6) is 17.2 Å². The van der Waals surface area contributed by atoms with E-state index in [1.807, 2.05) is 6.92 Å². The quantitative estimate of drug-likeness (QED) is 0.579. The molecule has 0 saturated heterocycles. The molecule has 1 unspecified atom stereocenters. The van der Waals surface area contributed by atoms with Crippen molar-refractivity contribution in [1.29, 1.82) is 0 Å². The van der Waals surface area contributed by atoms with Crippen LogP contribution in [0.4, 0.5) is 8.78 Å². The molecular weight excluding hydrogens is 366 g/mol. The van der Waals surface area contributed by atoms with Gasteiger partial charge in [0.25, 0.3) is 0 Å². The Morgan fingerprint density at radius 2 is 1.71 bits per heavy atom. The minimum atomic E-state index is -0.982. The molecule has 2 rings (SSSR count). The highest BCUT2D eigenvalue weighted by Crippen LogP contribution is 2.32. The lowest BCUT2D eigenvalue weighted by atomic mass is 9.95. The summed E-state index contributed by atoms with van der Waals surface area (Å²) < 4.78 is 37.5. The number of Topliss-reactive ketones (excluding diaryl/α,β-unsaturated/α-hetero) is 1. The van der Waals surface area contributed by atoms with Crippen LogP contribution in [0.1, 0.15) is 37.8 Å².